The Labute approximate surface area is 294 Å². The number of fused-ring (bicyclic) bond motifs is 8. The summed E-state index contributed by atoms with van der Waals surface area (Å²) in [6, 6.07) is 53.0. The van der Waals surface area contributed by atoms with Gasteiger partial charge in [-0.2, -0.15) is 0 Å². The number of aromatic amines is 2. The summed E-state index contributed by atoms with van der Waals surface area (Å²) in [4.78, 5) is 17.9. The van der Waals surface area contributed by atoms with Gasteiger partial charge in [-0.05, 0) is 70.8 Å². The van der Waals surface area contributed by atoms with Crippen molar-refractivity contribution in [3.05, 3.63) is 180 Å². The van der Waals surface area contributed by atoms with Crippen LogP contribution in [0.5, 0.6) is 0 Å². The number of hydrogen-bond donors (Lipinski definition) is 2. The summed E-state index contributed by atoms with van der Waals surface area (Å²) < 4.78 is 0. The maximum Gasteiger partial charge on any atom is 2.00 e. The van der Waals surface area contributed by atoms with Gasteiger partial charge in [-0.1, -0.05) is 121 Å². The van der Waals surface area contributed by atoms with Crippen molar-refractivity contribution in [1.29, 1.82) is 0 Å². The number of nitrogens with one attached hydrogen (secondary N) is 2. The standard InChI is InChI=1S/C44H30N4.Co/c1-5-13-29(14-6-1)38-27-37-26-35-22-21-33(45-35)25-34-23-24-36(46-34)28-39-40(30-15-7-2-8-16-30)41(31-17-9-3-10-18-31)44(48-39)42(43(38)47-37)32-19-11-4-12-20-32;/h1-28,45,48H;/q;+2. The maximum absolute atomic E-state index is 5.42. The molecule has 2 aliphatic heterocycles. The van der Waals surface area contributed by atoms with Crippen LogP contribution in [0.3, 0.4) is 0 Å². The van der Waals surface area contributed by atoms with E-state index in [1.165, 1.54) is 0 Å². The van der Waals surface area contributed by atoms with Crippen molar-refractivity contribution < 1.29 is 16.8 Å². The summed E-state index contributed by atoms with van der Waals surface area (Å²) in [5, 5.41) is 0. The predicted molar refractivity (Wildman–Crippen MR) is 200 cm³/mol. The molecule has 49 heavy (non-hydrogen) atoms. The van der Waals surface area contributed by atoms with E-state index in [1.54, 1.807) is 0 Å². The summed E-state index contributed by atoms with van der Waals surface area (Å²) in [6.45, 7) is 0. The van der Waals surface area contributed by atoms with E-state index in [1.807, 2.05) is 0 Å². The van der Waals surface area contributed by atoms with Gasteiger partial charge in [0.1, 0.15) is 0 Å². The van der Waals surface area contributed by atoms with Crippen molar-refractivity contribution in [2.45, 2.75) is 0 Å². The Balaban J connectivity index is 0.00000348. The molecule has 3 aromatic heterocycles. The van der Waals surface area contributed by atoms with Gasteiger partial charge in [0.2, 0.25) is 0 Å². The summed E-state index contributed by atoms with van der Waals surface area (Å²) in [5.74, 6) is 0. The Hall–Kier alpha value is -6.01. The van der Waals surface area contributed by atoms with Crippen molar-refractivity contribution >= 4 is 45.9 Å². The van der Waals surface area contributed by atoms with E-state index < -0.39 is 0 Å². The fourth-order valence-electron chi connectivity index (χ4n) is 6.78. The first-order valence-corrected chi connectivity index (χ1v) is 16.2. The summed E-state index contributed by atoms with van der Waals surface area (Å²) in [6.07, 6.45) is 6.35. The van der Waals surface area contributed by atoms with Crippen molar-refractivity contribution in [1.82, 2.24) is 19.9 Å². The molecule has 0 unspecified atom stereocenters. The molecule has 0 amide bonds. The van der Waals surface area contributed by atoms with E-state index in [4.69, 9.17) is 9.97 Å². The average Bonchev–Trinajstić information content (AvgIpc) is 3.94. The topological polar surface area (TPSA) is 57.4 Å². The minimum absolute atomic E-state index is 0. The number of benzene rings is 4. The van der Waals surface area contributed by atoms with E-state index in [9.17, 15) is 0 Å². The molecule has 5 heteroatoms. The molecule has 5 heterocycles. The molecule has 0 saturated heterocycles. The second-order valence-electron chi connectivity index (χ2n) is 12.0. The van der Waals surface area contributed by atoms with E-state index in [2.05, 4.69) is 180 Å². The van der Waals surface area contributed by atoms with E-state index in [-0.39, 0.29) is 16.8 Å². The third kappa shape index (κ3) is 5.76. The maximum atomic E-state index is 5.42. The number of aromatic nitrogens is 4. The normalized spacial score (nSPS) is 12.0. The van der Waals surface area contributed by atoms with Crippen molar-refractivity contribution in [2.24, 2.45) is 0 Å². The predicted octanol–water partition coefficient (Wildman–Crippen LogP) is 11.1. The molecule has 2 N–H and O–H groups in total. The van der Waals surface area contributed by atoms with Crippen LogP contribution in [0.25, 0.3) is 79.2 Å². The van der Waals surface area contributed by atoms with Crippen molar-refractivity contribution in [2.75, 3.05) is 0 Å². The van der Waals surface area contributed by atoms with Gasteiger partial charge in [-0.3, -0.25) is 0 Å². The fraction of sp³-hybridized carbons (Fsp3) is 0. The number of hydrogen-bond acceptors (Lipinski definition) is 2. The molecular weight excluding hydrogens is 643 g/mol. The average molecular weight is 674 g/mol. The molecule has 8 bridgehead atoms. The Morgan fingerprint density at radius 2 is 0.898 bits per heavy atom. The van der Waals surface area contributed by atoms with E-state index in [0.717, 1.165) is 89.4 Å². The molecule has 4 nitrogen and oxygen atoms in total. The zero-order chi connectivity index (χ0) is 31.9. The fourth-order valence-corrected chi connectivity index (χ4v) is 6.78. The first kappa shape index (κ1) is 30.3. The molecule has 233 valence electrons. The zero-order valence-corrected chi connectivity index (χ0v) is 27.4. The van der Waals surface area contributed by atoms with Crippen LogP contribution in [-0.4, -0.2) is 19.9 Å². The van der Waals surface area contributed by atoms with Gasteiger partial charge >= 0.3 is 16.8 Å². The van der Waals surface area contributed by atoms with Gasteiger partial charge in [0.25, 0.3) is 0 Å². The van der Waals surface area contributed by atoms with E-state index >= 15 is 0 Å². The molecule has 1 radical (unpaired) electrons. The molecule has 4 aromatic carbocycles. The monoisotopic (exact) mass is 673 g/mol. The molecule has 0 spiro atoms. The Morgan fingerprint density at radius 1 is 0.408 bits per heavy atom. The first-order valence-electron chi connectivity index (χ1n) is 16.2. The SMILES string of the molecule is C1=Cc2cc3[nH]c(c(-c4ccccc4)c4nc(cc5ccc(cc1n2)[nH]5)C=C4c1ccccc1)c(-c1ccccc1)c3-c1ccccc1.[Co+2]. The Bertz CT molecular complexity index is 2530. The molecule has 0 saturated carbocycles. The van der Waals surface area contributed by atoms with Crippen LogP contribution >= 0.6 is 0 Å². The molecule has 2 aliphatic rings. The Kier molecular flexibility index (Phi) is 7.98. The molecular formula is C44H30CoN4+2. The number of H-pyrrole nitrogens is 2. The molecule has 0 atom stereocenters. The second-order valence-corrected chi connectivity index (χ2v) is 12.0. The molecule has 0 aliphatic carbocycles. The number of rotatable bonds is 4. The van der Waals surface area contributed by atoms with Gasteiger partial charge in [0, 0.05) is 38.8 Å². The first-order chi connectivity index (χ1) is 23.8. The van der Waals surface area contributed by atoms with Crippen LogP contribution in [-0.2, 0) is 16.8 Å². The summed E-state index contributed by atoms with van der Waals surface area (Å²) in [5.41, 5.74) is 16.3. The number of nitrogens with zero attached hydrogens (tertiary/aromatic N) is 2. The van der Waals surface area contributed by atoms with Gasteiger partial charge in [0.05, 0.1) is 28.3 Å². The summed E-state index contributed by atoms with van der Waals surface area (Å²) >= 11 is 0. The van der Waals surface area contributed by atoms with Gasteiger partial charge in [0.15, 0.2) is 0 Å². The van der Waals surface area contributed by atoms with Gasteiger partial charge in [-0.25, -0.2) is 9.97 Å². The van der Waals surface area contributed by atoms with Crippen molar-refractivity contribution in [3.8, 4) is 33.4 Å². The van der Waals surface area contributed by atoms with Crippen LogP contribution < -0.4 is 0 Å². The van der Waals surface area contributed by atoms with Gasteiger partial charge < -0.3 is 9.97 Å². The molecule has 0 fully saturated rings. The third-order valence-corrected chi connectivity index (χ3v) is 8.89. The minimum Gasteiger partial charge on any atom is -0.355 e. The zero-order valence-electron chi connectivity index (χ0n) is 26.4. The quantitative estimate of drug-likeness (QED) is 0.195. The smallest absolute Gasteiger partial charge is 0.355 e. The molecule has 9 rings (SSSR count). The van der Waals surface area contributed by atoms with Gasteiger partial charge in [-0.15, -0.1) is 0 Å². The third-order valence-electron chi connectivity index (χ3n) is 8.89. The van der Waals surface area contributed by atoms with Crippen LogP contribution in [0.2, 0.25) is 0 Å². The van der Waals surface area contributed by atoms with Crippen LogP contribution in [0, 0.1) is 0 Å². The largest absolute Gasteiger partial charge is 2.00 e. The minimum atomic E-state index is 0. The summed E-state index contributed by atoms with van der Waals surface area (Å²) in [7, 11) is 0. The van der Waals surface area contributed by atoms with Crippen LogP contribution in [0.1, 0.15) is 28.3 Å². The molecule has 7 aromatic rings. The Morgan fingerprint density at radius 3 is 1.49 bits per heavy atom. The second kappa shape index (κ2) is 12.9. The van der Waals surface area contributed by atoms with E-state index in [0.29, 0.717) is 0 Å². The van der Waals surface area contributed by atoms with Crippen LogP contribution in [0.4, 0.5) is 0 Å². The van der Waals surface area contributed by atoms with Crippen LogP contribution in [0.15, 0.2) is 152 Å². The van der Waals surface area contributed by atoms with Crippen molar-refractivity contribution in [3.63, 3.8) is 0 Å².